The summed E-state index contributed by atoms with van der Waals surface area (Å²) in [6.45, 7) is 0.263. The van der Waals surface area contributed by atoms with Crippen molar-refractivity contribution in [2.75, 3.05) is 37.4 Å². The van der Waals surface area contributed by atoms with Gasteiger partial charge in [-0.1, -0.05) is 0 Å². The summed E-state index contributed by atoms with van der Waals surface area (Å²) >= 11 is 0. The second kappa shape index (κ2) is 5.08. The summed E-state index contributed by atoms with van der Waals surface area (Å²) in [6.07, 6.45) is 2.90. The van der Waals surface area contributed by atoms with Crippen LogP contribution in [0.1, 0.15) is 0 Å². The van der Waals surface area contributed by atoms with Crippen molar-refractivity contribution < 1.29 is 8.42 Å². The number of hydrogen-bond acceptors (Lipinski definition) is 6. The highest BCUT2D eigenvalue weighted by Gasteiger charge is 2.12. The fraction of sp³-hybridized carbons (Fsp3) is 0.500. The van der Waals surface area contributed by atoms with Gasteiger partial charge in [0.15, 0.2) is 0 Å². The molecular weight excluding hydrogens is 230 g/mol. The van der Waals surface area contributed by atoms with E-state index in [-0.39, 0.29) is 12.3 Å². The Bertz CT molecular complexity index is 445. The van der Waals surface area contributed by atoms with E-state index < -0.39 is 10.0 Å². The van der Waals surface area contributed by atoms with Gasteiger partial charge in [0.2, 0.25) is 10.0 Å². The minimum atomic E-state index is -3.19. The van der Waals surface area contributed by atoms with Crippen LogP contribution in [0.5, 0.6) is 0 Å². The van der Waals surface area contributed by atoms with Gasteiger partial charge in [0.1, 0.15) is 11.6 Å². The van der Waals surface area contributed by atoms with Crippen LogP contribution in [0.3, 0.4) is 0 Å². The minimum absolute atomic E-state index is 0.00349. The summed E-state index contributed by atoms with van der Waals surface area (Å²) in [4.78, 5) is 7.76. The normalized spacial score (nSPS) is 11.7. The lowest BCUT2D eigenvalue weighted by atomic mass is 10.6. The number of nitrogens with zero attached hydrogens (tertiary/aromatic N) is 3. The molecule has 0 atom stereocenters. The number of anilines is 2. The third-order valence-electron chi connectivity index (χ3n) is 1.88. The molecule has 16 heavy (non-hydrogen) atoms. The van der Waals surface area contributed by atoms with E-state index in [0.717, 1.165) is 0 Å². The lowest BCUT2D eigenvalue weighted by Gasteiger charge is -2.11. The predicted molar refractivity (Wildman–Crippen MR) is 62.4 cm³/mol. The number of nitrogens with two attached hydrogens (primary N) is 1. The summed E-state index contributed by atoms with van der Waals surface area (Å²) in [5.41, 5.74) is 5.42. The van der Waals surface area contributed by atoms with Crippen LogP contribution in [0.25, 0.3) is 0 Å². The van der Waals surface area contributed by atoms with E-state index in [4.69, 9.17) is 5.73 Å². The van der Waals surface area contributed by atoms with Gasteiger partial charge < -0.3 is 11.1 Å². The average molecular weight is 245 g/mol. The highest BCUT2D eigenvalue weighted by molar-refractivity contribution is 7.89. The third-order valence-corrected chi connectivity index (χ3v) is 3.71. The van der Waals surface area contributed by atoms with E-state index >= 15 is 0 Å². The number of nitrogen functional groups attached to an aromatic ring is 1. The summed E-state index contributed by atoms with van der Waals surface area (Å²) in [5, 5.41) is 2.84. The number of sulfonamides is 1. The quantitative estimate of drug-likeness (QED) is 0.715. The maximum Gasteiger partial charge on any atom is 0.215 e. The molecule has 0 saturated carbocycles. The van der Waals surface area contributed by atoms with Gasteiger partial charge in [0, 0.05) is 20.6 Å². The second-order valence-electron chi connectivity index (χ2n) is 3.35. The molecular formula is C8H15N5O2S. The van der Waals surface area contributed by atoms with Crippen LogP contribution in [0.15, 0.2) is 12.4 Å². The molecule has 0 aliphatic rings. The van der Waals surface area contributed by atoms with Gasteiger partial charge in [-0.25, -0.2) is 17.7 Å². The summed E-state index contributed by atoms with van der Waals surface area (Å²) < 4.78 is 24.0. The molecule has 0 bridgehead atoms. The Morgan fingerprint density at radius 2 is 2.12 bits per heavy atom. The van der Waals surface area contributed by atoms with Crippen LogP contribution in [-0.2, 0) is 10.0 Å². The Kier molecular flexibility index (Phi) is 4.02. The zero-order valence-electron chi connectivity index (χ0n) is 9.21. The van der Waals surface area contributed by atoms with Gasteiger partial charge in [-0.05, 0) is 0 Å². The SMILES string of the molecule is CN(C)S(=O)(=O)CCNc1cncc(N)n1. The topological polar surface area (TPSA) is 101 Å². The van der Waals surface area contributed by atoms with Crippen molar-refractivity contribution in [3.63, 3.8) is 0 Å². The van der Waals surface area contributed by atoms with Crippen molar-refractivity contribution >= 4 is 21.7 Å². The molecule has 0 aromatic carbocycles. The van der Waals surface area contributed by atoms with Crippen molar-refractivity contribution in [1.29, 1.82) is 0 Å². The molecule has 0 amide bonds. The largest absolute Gasteiger partial charge is 0.382 e. The molecule has 90 valence electrons. The molecule has 0 aliphatic carbocycles. The van der Waals surface area contributed by atoms with Gasteiger partial charge in [0.25, 0.3) is 0 Å². The molecule has 0 aliphatic heterocycles. The molecule has 1 rings (SSSR count). The summed E-state index contributed by atoms with van der Waals surface area (Å²) in [5.74, 6) is 0.755. The first-order valence-electron chi connectivity index (χ1n) is 4.63. The van der Waals surface area contributed by atoms with Gasteiger partial charge >= 0.3 is 0 Å². The molecule has 1 aromatic rings. The Labute approximate surface area is 94.7 Å². The van der Waals surface area contributed by atoms with Crippen molar-refractivity contribution in [1.82, 2.24) is 14.3 Å². The first kappa shape index (κ1) is 12.7. The van der Waals surface area contributed by atoms with E-state index in [9.17, 15) is 8.42 Å². The Morgan fingerprint density at radius 3 is 2.69 bits per heavy atom. The molecule has 3 N–H and O–H groups in total. The van der Waals surface area contributed by atoms with Gasteiger partial charge in [0.05, 0.1) is 18.1 Å². The Morgan fingerprint density at radius 1 is 1.44 bits per heavy atom. The van der Waals surface area contributed by atoms with E-state index in [1.165, 1.54) is 30.8 Å². The van der Waals surface area contributed by atoms with Gasteiger partial charge in [-0.15, -0.1) is 0 Å². The highest BCUT2D eigenvalue weighted by Crippen LogP contribution is 2.02. The lowest BCUT2D eigenvalue weighted by Crippen LogP contribution is -2.28. The maximum atomic E-state index is 11.4. The van der Waals surface area contributed by atoms with Crippen LogP contribution < -0.4 is 11.1 Å². The number of rotatable bonds is 5. The Balaban J connectivity index is 2.48. The first-order valence-corrected chi connectivity index (χ1v) is 6.24. The van der Waals surface area contributed by atoms with E-state index in [0.29, 0.717) is 11.6 Å². The molecule has 0 spiro atoms. The molecule has 0 radical (unpaired) electrons. The van der Waals surface area contributed by atoms with Crippen molar-refractivity contribution in [3.05, 3.63) is 12.4 Å². The minimum Gasteiger partial charge on any atom is -0.382 e. The summed E-state index contributed by atoms with van der Waals surface area (Å²) in [6, 6.07) is 0. The fourth-order valence-electron chi connectivity index (χ4n) is 0.957. The van der Waals surface area contributed by atoms with Crippen LogP contribution in [0.4, 0.5) is 11.6 Å². The second-order valence-corrected chi connectivity index (χ2v) is 5.66. The average Bonchev–Trinajstić information content (AvgIpc) is 2.17. The number of aromatic nitrogens is 2. The molecule has 1 heterocycles. The Hall–Kier alpha value is -1.41. The molecule has 7 nitrogen and oxygen atoms in total. The molecule has 8 heteroatoms. The third kappa shape index (κ3) is 3.63. The zero-order chi connectivity index (χ0) is 12.2. The van der Waals surface area contributed by atoms with E-state index in [2.05, 4.69) is 15.3 Å². The monoisotopic (exact) mass is 245 g/mol. The zero-order valence-corrected chi connectivity index (χ0v) is 10.0. The first-order chi connectivity index (χ1) is 7.42. The smallest absolute Gasteiger partial charge is 0.215 e. The molecule has 0 unspecified atom stereocenters. The van der Waals surface area contributed by atoms with Crippen molar-refractivity contribution in [2.24, 2.45) is 0 Å². The van der Waals surface area contributed by atoms with Crippen LogP contribution in [-0.4, -0.2) is 49.1 Å². The lowest BCUT2D eigenvalue weighted by molar-refractivity contribution is 0.521. The highest BCUT2D eigenvalue weighted by atomic mass is 32.2. The van der Waals surface area contributed by atoms with Crippen molar-refractivity contribution in [2.45, 2.75) is 0 Å². The van der Waals surface area contributed by atoms with E-state index in [1.807, 2.05) is 0 Å². The molecule has 1 aromatic heterocycles. The standard InChI is InChI=1S/C8H15N5O2S/c1-13(2)16(14,15)4-3-11-8-6-10-5-7(9)12-8/h5-6H,3-4H2,1-2H3,(H3,9,11,12). The van der Waals surface area contributed by atoms with Gasteiger partial charge in [-0.2, -0.15) is 0 Å². The summed E-state index contributed by atoms with van der Waals surface area (Å²) in [7, 11) is -0.196. The van der Waals surface area contributed by atoms with Gasteiger partial charge in [-0.3, -0.25) is 4.98 Å². The molecule has 0 saturated heterocycles. The van der Waals surface area contributed by atoms with Crippen LogP contribution >= 0.6 is 0 Å². The maximum absolute atomic E-state index is 11.4. The predicted octanol–water partition coefficient (Wildman–Crippen LogP) is -0.638. The molecule has 0 fully saturated rings. The number of hydrogen-bond donors (Lipinski definition) is 2. The number of nitrogens with one attached hydrogen (secondary N) is 1. The fourth-order valence-corrected chi connectivity index (χ4v) is 1.68. The van der Waals surface area contributed by atoms with Crippen LogP contribution in [0, 0.1) is 0 Å². The van der Waals surface area contributed by atoms with Crippen molar-refractivity contribution in [3.8, 4) is 0 Å². The van der Waals surface area contributed by atoms with E-state index in [1.54, 1.807) is 0 Å². The van der Waals surface area contributed by atoms with Crippen LogP contribution in [0.2, 0.25) is 0 Å².